The lowest BCUT2D eigenvalue weighted by Crippen LogP contribution is -2.39. The van der Waals surface area contributed by atoms with Crippen molar-refractivity contribution < 1.29 is 0 Å². The monoisotopic (exact) mass is 306 g/mol. The molecule has 0 aromatic heterocycles. The van der Waals surface area contributed by atoms with Crippen molar-refractivity contribution in [3.63, 3.8) is 0 Å². The molecule has 1 atom stereocenters. The highest BCUT2D eigenvalue weighted by atomic mass is 35.5. The largest absolute Gasteiger partial charge is 0.370 e. The van der Waals surface area contributed by atoms with Gasteiger partial charge in [-0.2, -0.15) is 0 Å². The summed E-state index contributed by atoms with van der Waals surface area (Å²) in [5.74, 6) is 0. The Morgan fingerprint density at radius 3 is 2.43 bits per heavy atom. The Labute approximate surface area is 133 Å². The van der Waals surface area contributed by atoms with Crippen LogP contribution in [-0.2, 0) is 6.42 Å². The van der Waals surface area contributed by atoms with Crippen LogP contribution >= 0.6 is 11.6 Å². The zero-order valence-corrected chi connectivity index (χ0v) is 13.8. The maximum Gasteiger partial charge on any atom is 0.0642 e. The van der Waals surface area contributed by atoms with Crippen molar-refractivity contribution in [2.75, 3.05) is 18.0 Å². The fraction of sp³-hybridized carbons (Fsp3) is 0.667. The Morgan fingerprint density at radius 2 is 1.86 bits per heavy atom. The fourth-order valence-electron chi connectivity index (χ4n) is 4.15. The Kier molecular flexibility index (Phi) is 4.46. The number of halogens is 1. The first-order valence-corrected chi connectivity index (χ1v) is 8.75. The molecule has 1 aliphatic carbocycles. The summed E-state index contributed by atoms with van der Waals surface area (Å²) in [6.07, 6.45) is 9.34. The second-order valence-electron chi connectivity index (χ2n) is 7.16. The van der Waals surface area contributed by atoms with Crippen LogP contribution < -0.4 is 10.6 Å². The van der Waals surface area contributed by atoms with Crippen molar-refractivity contribution in [3.8, 4) is 0 Å². The van der Waals surface area contributed by atoms with Crippen LogP contribution in [-0.4, -0.2) is 19.1 Å². The van der Waals surface area contributed by atoms with Crippen LogP contribution in [0, 0.1) is 5.41 Å². The standard InChI is InChI=1S/C18H27ClN2/c1-14(20)12-15-4-5-17(16(19)13-15)21-10-8-18(9-11-21)6-2-3-7-18/h4-5,13-14H,2-3,6-12,20H2,1H3. The Morgan fingerprint density at radius 1 is 1.19 bits per heavy atom. The first kappa shape index (κ1) is 15.2. The van der Waals surface area contributed by atoms with Gasteiger partial charge >= 0.3 is 0 Å². The molecule has 2 nitrogen and oxygen atoms in total. The van der Waals surface area contributed by atoms with Gasteiger partial charge in [0.15, 0.2) is 0 Å². The molecule has 3 rings (SSSR count). The zero-order valence-electron chi connectivity index (χ0n) is 13.1. The number of piperidine rings is 1. The van der Waals surface area contributed by atoms with E-state index in [9.17, 15) is 0 Å². The molecule has 1 unspecified atom stereocenters. The molecule has 1 aliphatic heterocycles. The van der Waals surface area contributed by atoms with E-state index >= 15 is 0 Å². The van der Waals surface area contributed by atoms with Crippen molar-refractivity contribution in [2.24, 2.45) is 11.1 Å². The van der Waals surface area contributed by atoms with Gasteiger partial charge in [-0.3, -0.25) is 0 Å². The molecule has 1 saturated heterocycles. The van der Waals surface area contributed by atoms with Crippen molar-refractivity contribution in [3.05, 3.63) is 28.8 Å². The highest BCUT2D eigenvalue weighted by Gasteiger charge is 2.37. The van der Waals surface area contributed by atoms with E-state index in [4.69, 9.17) is 17.3 Å². The Balaban J connectivity index is 1.67. The summed E-state index contributed by atoms with van der Waals surface area (Å²) in [4.78, 5) is 2.47. The van der Waals surface area contributed by atoms with Crippen molar-refractivity contribution in [1.82, 2.24) is 0 Å². The minimum absolute atomic E-state index is 0.184. The summed E-state index contributed by atoms with van der Waals surface area (Å²) in [6.45, 7) is 4.35. The first-order valence-electron chi connectivity index (χ1n) is 8.37. The second-order valence-corrected chi connectivity index (χ2v) is 7.57. The lowest BCUT2D eigenvalue weighted by atomic mass is 9.77. The highest BCUT2D eigenvalue weighted by molar-refractivity contribution is 6.33. The lowest BCUT2D eigenvalue weighted by molar-refractivity contribution is 0.226. The van der Waals surface area contributed by atoms with E-state index in [-0.39, 0.29) is 6.04 Å². The van der Waals surface area contributed by atoms with Crippen LogP contribution in [0.3, 0.4) is 0 Å². The van der Waals surface area contributed by atoms with Crippen LogP contribution in [0.25, 0.3) is 0 Å². The van der Waals surface area contributed by atoms with Crippen LogP contribution in [0.1, 0.15) is 51.0 Å². The topological polar surface area (TPSA) is 29.3 Å². The molecule has 2 N–H and O–H groups in total. The van der Waals surface area contributed by atoms with Gasteiger partial charge in [0, 0.05) is 19.1 Å². The van der Waals surface area contributed by atoms with E-state index in [2.05, 4.69) is 23.1 Å². The van der Waals surface area contributed by atoms with E-state index < -0.39 is 0 Å². The minimum Gasteiger partial charge on any atom is -0.370 e. The molecule has 1 spiro atoms. The third-order valence-electron chi connectivity index (χ3n) is 5.40. The van der Waals surface area contributed by atoms with Crippen molar-refractivity contribution >= 4 is 17.3 Å². The third kappa shape index (κ3) is 3.37. The number of rotatable bonds is 3. The molecule has 1 aromatic rings. The molecule has 116 valence electrons. The van der Waals surface area contributed by atoms with Crippen molar-refractivity contribution in [2.45, 2.75) is 57.9 Å². The van der Waals surface area contributed by atoms with Crippen molar-refractivity contribution in [1.29, 1.82) is 0 Å². The molecule has 0 radical (unpaired) electrons. The number of hydrogen-bond acceptors (Lipinski definition) is 2. The van der Waals surface area contributed by atoms with Gasteiger partial charge in [0.05, 0.1) is 10.7 Å². The lowest BCUT2D eigenvalue weighted by Gasteiger charge is -2.40. The van der Waals surface area contributed by atoms with Gasteiger partial charge in [0.25, 0.3) is 0 Å². The van der Waals surface area contributed by atoms with Gasteiger partial charge < -0.3 is 10.6 Å². The number of benzene rings is 1. The van der Waals surface area contributed by atoms with Gasteiger partial charge in [-0.05, 0) is 62.1 Å². The summed E-state index contributed by atoms with van der Waals surface area (Å²) >= 11 is 6.51. The van der Waals surface area contributed by atoms with Crippen LogP contribution in [0.5, 0.6) is 0 Å². The summed E-state index contributed by atoms with van der Waals surface area (Å²) < 4.78 is 0. The smallest absolute Gasteiger partial charge is 0.0642 e. The van der Waals surface area contributed by atoms with Gasteiger partial charge in [0.2, 0.25) is 0 Å². The Hall–Kier alpha value is -0.730. The average Bonchev–Trinajstić information content (AvgIpc) is 2.88. The minimum atomic E-state index is 0.184. The molecule has 2 aliphatic rings. The number of nitrogens with zero attached hydrogens (tertiary/aromatic N) is 1. The van der Waals surface area contributed by atoms with Gasteiger partial charge in [-0.1, -0.05) is 30.5 Å². The predicted molar refractivity (Wildman–Crippen MR) is 91.2 cm³/mol. The van der Waals surface area contributed by atoms with E-state index in [0.717, 1.165) is 24.5 Å². The first-order chi connectivity index (χ1) is 10.1. The average molecular weight is 307 g/mol. The molecule has 0 amide bonds. The van der Waals surface area contributed by atoms with E-state index in [1.54, 1.807) is 0 Å². The predicted octanol–water partition coefficient (Wildman–Crippen LogP) is 4.39. The highest BCUT2D eigenvalue weighted by Crippen LogP contribution is 2.47. The van der Waals surface area contributed by atoms with Gasteiger partial charge in [-0.25, -0.2) is 0 Å². The molecule has 3 heteroatoms. The van der Waals surface area contributed by atoms with Crippen LogP contribution in [0.2, 0.25) is 5.02 Å². The van der Waals surface area contributed by atoms with E-state index in [1.807, 2.05) is 6.92 Å². The molecule has 2 fully saturated rings. The van der Waals surface area contributed by atoms with Crippen LogP contribution in [0.4, 0.5) is 5.69 Å². The molecular weight excluding hydrogens is 280 g/mol. The SMILES string of the molecule is CC(N)Cc1ccc(N2CCC3(CCCC3)CC2)c(Cl)c1. The number of hydrogen-bond donors (Lipinski definition) is 1. The van der Waals surface area contributed by atoms with E-state index in [1.165, 1.54) is 49.8 Å². The molecule has 21 heavy (non-hydrogen) atoms. The molecule has 1 saturated carbocycles. The molecule has 1 heterocycles. The van der Waals surface area contributed by atoms with Gasteiger partial charge in [0.1, 0.15) is 0 Å². The van der Waals surface area contributed by atoms with Gasteiger partial charge in [-0.15, -0.1) is 0 Å². The zero-order chi connectivity index (χ0) is 14.9. The molecular formula is C18H27ClN2. The third-order valence-corrected chi connectivity index (χ3v) is 5.70. The molecule has 1 aromatic carbocycles. The summed E-state index contributed by atoms with van der Waals surface area (Å²) in [5, 5.41) is 0.885. The van der Waals surface area contributed by atoms with Crippen LogP contribution in [0.15, 0.2) is 18.2 Å². The molecule has 0 bridgehead atoms. The summed E-state index contributed by atoms with van der Waals surface area (Å²) in [6, 6.07) is 6.65. The quantitative estimate of drug-likeness (QED) is 0.897. The summed E-state index contributed by atoms with van der Waals surface area (Å²) in [5.41, 5.74) is 8.98. The number of nitrogens with two attached hydrogens (primary N) is 1. The second kappa shape index (κ2) is 6.18. The maximum atomic E-state index is 6.51. The maximum absolute atomic E-state index is 6.51. The number of anilines is 1. The fourth-order valence-corrected chi connectivity index (χ4v) is 4.48. The summed E-state index contributed by atoms with van der Waals surface area (Å²) in [7, 11) is 0. The Bertz CT molecular complexity index is 482. The van der Waals surface area contributed by atoms with E-state index in [0.29, 0.717) is 5.41 Å². The normalized spacial score (nSPS) is 22.7.